The number of halogens is 3. The third-order valence-electron chi connectivity index (χ3n) is 8.71. The molecule has 186 valence electrons. The van der Waals surface area contributed by atoms with Crippen LogP contribution in [0.4, 0.5) is 8.78 Å². The Hall–Kier alpha value is -1.41. The van der Waals surface area contributed by atoms with Gasteiger partial charge in [-0.3, -0.25) is 0 Å². The van der Waals surface area contributed by atoms with Gasteiger partial charge in [0.15, 0.2) is 0 Å². The predicted octanol–water partition coefficient (Wildman–Crippen LogP) is 10.1. The molecule has 0 heterocycles. The van der Waals surface area contributed by atoms with Crippen LogP contribution in [0.2, 0.25) is 5.02 Å². The fourth-order valence-corrected chi connectivity index (χ4v) is 6.58. The van der Waals surface area contributed by atoms with Crippen molar-refractivity contribution in [1.29, 1.82) is 0 Å². The first-order valence-electron chi connectivity index (χ1n) is 13.7. The molecule has 2 aromatic carbocycles. The first-order chi connectivity index (χ1) is 16.5. The predicted molar refractivity (Wildman–Crippen MR) is 140 cm³/mol. The fourth-order valence-electron chi connectivity index (χ4n) is 6.47. The van der Waals surface area contributed by atoms with Crippen molar-refractivity contribution in [3.63, 3.8) is 0 Å². The average Bonchev–Trinajstić information content (AvgIpc) is 2.85. The highest BCUT2D eigenvalue weighted by Crippen LogP contribution is 2.40. The number of rotatable bonds is 9. The van der Waals surface area contributed by atoms with Crippen LogP contribution in [-0.4, -0.2) is 0 Å². The van der Waals surface area contributed by atoms with Crippen molar-refractivity contribution in [2.45, 2.75) is 103 Å². The van der Waals surface area contributed by atoms with E-state index in [9.17, 15) is 8.78 Å². The van der Waals surface area contributed by atoms with Crippen molar-refractivity contribution in [2.75, 3.05) is 0 Å². The summed E-state index contributed by atoms with van der Waals surface area (Å²) in [7, 11) is 0. The van der Waals surface area contributed by atoms with Gasteiger partial charge in [-0.25, -0.2) is 8.78 Å². The molecule has 0 unspecified atom stereocenters. The molecule has 2 aromatic rings. The third kappa shape index (κ3) is 7.06. The largest absolute Gasteiger partial charge is 0.207 e. The summed E-state index contributed by atoms with van der Waals surface area (Å²) in [6, 6.07) is 10.7. The van der Waals surface area contributed by atoms with Crippen LogP contribution < -0.4 is 0 Å². The highest BCUT2D eigenvalue weighted by atomic mass is 35.5. The van der Waals surface area contributed by atoms with Crippen LogP contribution in [0.15, 0.2) is 36.4 Å². The second-order valence-electron chi connectivity index (χ2n) is 11.1. The van der Waals surface area contributed by atoms with E-state index in [4.69, 9.17) is 11.6 Å². The van der Waals surface area contributed by atoms with E-state index in [1.165, 1.54) is 83.1 Å². The molecule has 0 atom stereocenters. The first-order valence-corrected chi connectivity index (χ1v) is 14.1. The Morgan fingerprint density at radius 2 is 1.32 bits per heavy atom. The van der Waals surface area contributed by atoms with Crippen LogP contribution in [0.25, 0.3) is 0 Å². The zero-order valence-corrected chi connectivity index (χ0v) is 21.6. The monoisotopic (exact) mass is 486 g/mol. The summed E-state index contributed by atoms with van der Waals surface area (Å²) in [6.07, 6.45) is 17.6. The maximum Gasteiger partial charge on any atom is 0.142 e. The van der Waals surface area contributed by atoms with Gasteiger partial charge in [-0.1, -0.05) is 88.1 Å². The molecule has 2 aliphatic rings. The maximum absolute atomic E-state index is 14.8. The topological polar surface area (TPSA) is 0 Å². The quantitative estimate of drug-likeness (QED) is 0.330. The SMILES string of the molecule is CCC[C@H]1CC[C@H](CCC2CCC(c3ccc(CCc4ccc(Cl)c(F)c4)c(F)c3)CC2)CC1. The van der Waals surface area contributed by atoms with E-state index in [2.05, 4.69) is 13.0 Å². The molecule has 0 aromatic heterocycles. The summed E-state index contributed by atoms with van der Waals surface area (Å²) >= 11 is 5.76. The van der Waals surface area contributed by atoms with Crippen LogP contribution in [0, 0.1) is 29.4 Å². The fraction of sp³-hybridized carbons (Fsp3) is 0.613. The summed E-state index contributed by atoms with van der Waals surface area (Å²) in [5.41, 5.74) is 2.71. The zero-order valence-electron chi connectivity index (χ0n) is 20.8. The van der Waals surface area contributed by atoms with E-state index >= 15 is 0 Å². The smallest absolute Gasteiger partial charge is 0.142 e. The van der Waals surface area contributed by atoms with Crippen LogP contribution in [-0.2, 0) is 12.8 Å². The van der Waals surface area contributed by atoms with Gasteiger partial charge in [-0.2, -0.15) is 0 Å². The summed E-state index contributed by atoms with van der Waals surface area (Å²) < 4.78 is 28.5. The van der Waals surface area contributed by atoms with Crippen molar-refractivity contribution in [2.24, 2.45) is 17.8 Å². The first kappa shape index (κ1) is 25.7. The van der Waals surface area contributed by atoms with Crippen LogP contribution in [0.3, 0.4) is 0 Å². The molecule has 0 nitrogen and oxygen atoms in total. The van der Waals surface area contributed by atoms with Crippen molar-refractivity contribution in [3.8, 4) is 0 Å². The lowest BCUT2D eigenvalue weighted by Gasteiger charge is -2.32. The van der Waals surface area contributed by atoms with E-state index in [1.807, 2.05) is 12.1 Å². The molecule has 0 amide bonds. The van der Waals surface area contributed by atoms with Gasteiger partial charge in [0, 0.05) is 0 Å². The van der Waals surface area contributed by atoms with E-state index < -0.39 is 5.82 Å². The molecule has 0 N–H and O–H groups in total. The Labute approximate surface area is 210 Å². The lowest BCUT2D eigenvalue weighted by molar-refractivity contribution is 0.224. The Kier molecular flexibility index (Phi) is 9.46. The van der Waals surface area contributed by atoms with E-state index in [0.29, 0.717) is 24.3 Å². The minimum atomic E-state index is -0.412. The molecule has 0 saturated heterocycles. The number of hydrogen-bond acceptors (Lipinski definition) is 0. The van der Waals surface area contributed by atoms with Crippen molar-refractivity contribution >= 4 is 11.6 Å². The summed E-state index contributed by atoms with van der Waals surface area (Å²) in [6.45, 7) is 2.32. The minimum absolute atomic E-state index is 0.118. The lowest BCUT2D eigenvalue weighted by Crippen LogP contribution is -2.18. The van der Waals surface area contributed by atoms with Crippen LogP contribution in [0.5, 0.6) is 0 Å². The molecule has 0 radical (unpaired) electrons. The Morgan fingerprint density at radius 3 is 1.91 bits per heavy atom. The molecule has 2 fully saturated rings. The summed E-state index contributed by atoms with van der Waals surface area (Å²) in [4.78, 5) is 0. The van der Waals surface area contributed by atoms with E-state index in [1.54, 1.807) is 12.1 Å². The Balaban J connectivity index is 1.20. The van der Waals surface area contributed by atoms with Crippen LogP contribution in [0.1, 0.15) is 107 Å². The molecule has 0 spiro atoms. The van der Waals surface area contributed by atoms with Crippen LogP contribution >= 0.6 is 11.6 Å². The minimum Gasteiger partial charge on any atom is -0.207 e. The Bertz CT molecular complexity index is 908. The van der Waals surface area contributed by atoms with Gasteiger partial charge in [0.05, 0.1) is 5.02 Å². The molecule has 0 aliphatic heterocycles. The van der Waals surface area contributed by atoms with E-state index in [0.717, 1.165) is 28.9 Å². The molecule has 34 heavy (non-hydrogen) atoms. The standard InChI is InChI=1S/C31H41ClF2/c1-2-3-22-4-6-23(7-5-22)8-9-24-10-14-26(15-11-24)28-18-17-27(30(33)21-28)16-12-25-13-19-29(32)31(34)20-25/h13,17-24,26H,2-12,14-16H2,1H3/t22-,23-,24?,26?. The average molecular weight is 487 g/mol. The molecule has 4 rings (SSSR count). The van der Waals surface area contributed by atoms with E-state index in [-0.39, 0.29) is 10.8 Å². The van der Waals surface area contributed by atoms with Gasteiger partial charge in [-0.15, -0.1) is 0 Å². The summed E-state index contributed by atoms with van der Waals surface area (Å²) in [5.74, 6) is 2.81. The van der Waals surface area contributed by atoms with Gasteiger partial charge < -0.3 is 0 Å². The molecular weight excluding hydrogens is 446 g/mol. The maximum atomic E-state index is 14.8. The third-order valence-corrected chi connectivity index (χ3v) is 9.02. The zero-order chi connectivity index (χ0) is 23.9. The number of hydrogen-bond donors (Lipinski definition) is 0. The molecular formula is C31H41ClF2. The van der Waals surface area contributed by atoms with Gasteiger partial charge in [0.25, 0.3) is 0 Å². The lowest BCUT2D eigenvalue weighted by atomic mass is 9.74. The van der Waals surface area contributed by atoms with Crippen molar-refractivity contribution in [1.82, 2.24) is 0 Å². The normalized spacial score (nSPS) is 25.4. The Morgan fingerprint density at radius 1 is 0.706 bits per heavy atom. The molecule has 2 saturated carbocycles. The highest BCUT2D eigenvalue weighted by Gasteiger charge is 2.25. The second kappa shape index (κ2) is 12.5. The number of aryl methyl sites for hydroxylation is 2. The van der Waals surface area contributed by atoms with Gasteiger partial charge in [-0.05, 0) is 97.1 Å². The molecule has 0 bridgehead atoms. The molecule has 2 aliphatic carbocycles. The summed E-state index contributed by atoms with van der Waals surface area (Å²) in [5, 5.41) is 0.128. The van der Waals surface area contributed by atoms with Gasteiger partial charge >= 0.3 is 0 Å². The number of benzene rings is 2. The highest BCUT2D eigenvalue weighted by molar-refractivity contribution is 6.30. The second-order valence-corrected chi connectivity index (χ2v) is 11.5. The molecule has 3 heteroatoms. The van der Waals surface area contributed by atoms with Gasteiger partial charge in [0.1, 0.15) is 11.6 Å². The van der Waals surface area contributed by atoms with Crippen molar-refractivity contribution in [3.05, 3.63) is 69.7 Å². The van der Waals surface area contributed by atoms with Crippen molar-refractivity contribution < 1.29 is 8.78 Å². The van der Waals surface area contributed by atoms with Gasteiger partial charge in [0.2, 0.25) is 0 Å².